The Kier molecular flexibility index (Phi) is 3.42. The Labute approximate surface area is 104 Å². The molecule has 1 atom stereocenters. The maximum absolute atomic E-state index is 5.95. The van der Waals surface area contributed by atoms with Gasteiger partial charge in [-0.3, -0.25) is 0 Å². The lowest BCUT2D eigenvalue weighted by molar-refractivity contribution is 0.913. The van der Waals surface area contributed by atoms with Gasteiger partial charge in [-0.15, -0.1) is 11.6 Å². The van der Waals surface area contributed by atoms with E-state index in [-0.39, 0.29) is 5.38 Å². The Morgan fingerprint density at radius 2 is 1.81 bits per heavy atom. The fourth-order valence-electron chi connectivity index (χ4n) is 1.37. The molecule has 0 amide bonds. The maximum Gasteiger partial charge on any atom is 0.148 e. The van der Waals surface area contributed by atoms with E-state index in [1.807, 2.05) is 37.3 Å². The van der Waals surface area contributed by atoms with Gasteiger partial charge in [0.05, 0.1) is 11.1 Å². The summed E-state index contributed by atoms with van der Waals surface area (Å²) in [6, 6.07) is 11.5. The Morgan fingerprint density at radius 3 is 2.44 bits per heavy atom. The molecule has 82 valence electrons. The van der Waals surface area contributed by atoms with Gasteiger partial charge in [0.15, 0.2) is 0 Å². The lowest BCUT2D eigenvalue weighted by atomic mass is 10.1. The van der Waals surface area contributed by atoms with Crippen molar-refractivity contribution in [3.8, 4) is 11.3 Å². The van der Waals surface area contributed by atoms with Crippen LogP contribution < -0.4 is 0 Å². The zero-order valence-corrected chi connectivity index (χ0v) is 10.2. The minimum Gasteiger partial charge on any atom is -0.231 e. The van der Waals surface area contributed by atoms with Crippen molar-refractivity contribution in [3.63, 3.8) is 0 Å². The van der Waals surface area contributed by atoms with Gasteiger partial charge >= 0.3 is 0 Å². The summed E-state index contributed by atoms with van der Waals surface area (Å²) in [4.78, 5) is 8.46. The first-order chi connectivity index (χ1) is 7.66. The highest BCUT2D eigenvalue weighted by molar-refractivity contribution is 6.29. The second-order valence-corrected chi connectivity index (χ2v) is 4.46. The van der Waals surface area contributed by atoms with E-state index in [2.05, 4.69) is 9.97 Å². The predicted octanol–water partition coefficient (Wildman–Crippen LogP) is 4.10. The van der Waals surface area contributed by atoms with Crippen LogP contribution in [0.3, 0.4) is 0 Å². The monoisotopic (exact) mass is 252 g/mol. The maximum atomic E-state index is 5.95. The van der Waals surface area contributed by atoms with E-state index in [0.29, 0.717) is 11.0 Å². The van der Waals surface area contributed by atoms with Gasteiger partial charge in [-0.1, -0.05) is 41.9 Å². The van der Waals surface area contributed by atoms with Crippen molar-refractivity contribution in [1.29, 1.82) is 0 Å². The van der Waals surface area contributed by atoms with Gasteiger partial charge < -0.3 is 0 Å². The number of benzene rings is 1. The highest BCUT2D eigenvalue weighted by Gasteiger charge is 2.09. The van der Waals surface area contributed by atoms with Crippen molar-refractivity contribution in [2.24, 2.45) is 0 Å². The van der Waals surface area contributed by atoms with Crippen LogP contribution in [0.5, 0.6) is 0 Å². The SMILES string of the molecule is CC(Cl)c1nc(Cl)cc(-c2ccccc2)n1. The van der Waals surface area contributed by atoms with Crippen LogP contribution in [0.1, 0.15) is 18.1 Å². The van der Waals surface area contributed by atoms with Crippen LogP contribution in [0.2, 0.25) is 5.15 Å². The summed E-state index contributed by atoms with van der Waals surface area (Å²) in [5.41, 5.74) is 1.80. The van der Waals surface area contributed by atoms with Gasteiger partial charge in [0.25, 0.3) is 0 Å². The Morgan fingerprint density at radius 1 is 1.12 bits per heavy atom. The Hall–Kier alpha value is -1.12. The summed E-state index contributed by atoms with van der Waals surface area (Å²) < 4.78 is 0. The normalized spacial score (nSPS) is 12.4. The van der Waals surface area contributed by atoms with Gasteiger partial charge in [-0.05, 0) is 6.92 Å². The third-order valence-corrected chi connectivity index (χ3v) is 2.53. The molecule has 0 bridgehead atoms. The third kappa shape index (κ3) is 2.52. The molecule has 4 heteroatoms. The van der Waals surface area contributed by atoms with Crippen LogP contribution in [0.15, 0.2) is 36.4 Å². The lowest BCUT2D eigenvalue weighted by Gasteiger charge is -2.06. The van der Waals surface area contributed by atoms with Gasteiger partial charge in [0.2, 0.25) is 0 Å². The summed E-state index contributed by atoms with van der Waals surface area (Å²) in [7, 11) is 0. The van der Waals surface area contributed by atoms with E-state index < -0.39 is 0 Å². The number of hydrogen-bond donors (Lipinski definition) is 0. The lowest BCUT2D eigenvalue weighted by Crippen LogP contribution is -1.97. The molecule has 2 nitrogen and oxygen atoms in total. The topological polar surface area (TPSA) is 25.8 Å². The van der Waals surface area contributed by atoms with Crippen molar-refractivity contribution < 1.29 is 0 Å². The molecular formula is C12H10Cl2N2. The Bertz CT molecular complexity index is 484. The van der Waals surface area contributed by atoms with E-state index in [1.54, 1.807) is 6.07 Å². The van der Waals surface area contributed by atoms with Gasteiger partial charge in [-0.2, -0.15) is 0 Å². The molecule has 2 aromatic rings. The van der Waals surface area contributed by atoms with E-state index >= 15 is 0 Å². The van der Waals surface area contributed by atoms with Crippen LogP contribution in [-0.4, -0.2) is 9.97 Å². The standard InChI is InChI=1S/C12H10Cl2N2/c1-8(13)12-15-10(7-11(14)16-12)9-5-3-2-4-6-9/h2-8H,1H3. The number of aromatic nitrogens is 2. The molecule has 0 saturated carbocycles. The van der Waals surface area contributed by atoms with Gasteiger partial charge in [0.1, 0.15) is 11.0 Å². The summed E-state index contributed by atoms with van der Waals surface area (Å²) in [6.45, 7) is 1.82. The van der Waals surface area contributed by atoms with Crippen molar-refractivity contribution in [3.05, 3.63) is 47.4 Å². The molecule has 0 fully saturated rings. The average Bonchev–Trinajstić information content (AvgIpc) is 2.29. The van der Waals surface area contributed by atoms with Crippen molar-refractivity contribution in [2.45, 2.75) is 12.3 Å². The molecule has 1 heterocycles. The van der Waals surface area contributed by atoms with Crippen LogP contribution in [-0.2, 0) is 0 Å². The fraction of sp³-hybridized carbons (Fsp3) is 0.167. The van der Waals surface area contributed by atoms with Gasteiger partial charge in [0, 0.05) is 11.6 Å². The third-order valence-electron chi connectivity index (χ3n) is 2.14. The summed E-state index contributed by atoms with van der Waals surface area (Å²) >= 11 is 11.9. The number of hydrogen-bond acceptors (Lipinski definition) is 2. The average molecular weight is 253 g/mol. The molecule has 0 aliphatic heterocycles. The molecule has 0 N–H and O–H groups in total. The Balaban J connectivity index is 2.50. The fourth-order valence-corrected chi connectivity index (χ4v) is 1.66. The van der Waals surface area contributed by atoms with Crippen molar-refractivity contribution >= 4 is 23.2 Å². The predicted molar refractivity (Wildman–Crippen MR) is 66.7 cm³/mol. The first-order valence-electron chi connectivity index (χ1n) is 4.91. The van der Waals surface area contributed by atoms with E-state index in [9.17, 15) is 0 Å². The largest absolute Gasteiger partial charge is 0.231 e. The molecule has 0 spiro atoms. The first-order valence-corrected chi connectivity index (χ1v) is 5.72. The molecule has 0 aliphatic rings. The van der Waals surface area contributed by atoms with E-state index in [1.165, 1.54) is 0 Å². The number of alkyl halides is 1. The van der Waals surface area contributed by atoms with Gasteiger partial charge in [-0.25, -0.2) is 9.97 Å². The zero-order valence-electron chi connectivity index (χ0n) is 8.69. The van der Waals surface area contributed by atoms with Crippen LogP contribution in [0.25, 0.3) is 11.3 Å². The minimum atomic E-state index is -0.249. The second-order valence-electron chi connectivity index (χ2n) is 3.42. The van der Waals surface area contributed by atoms with Crippen molar-refractivity contribution in [1.82, 2.24) is 9.97 Å². The highest BCUT2D eigenvalue weighted by Crippen LogP contribution is 2.23. The number of rotatable bonds is 2. The molecule has 1 unspecified atom stereocenters. The first kappa shape index (κ1) is 11.4. The number of nitrogens with zero attached hydrogens (tertiary/aromatic N) is 2. The summed E-state index contributed by atoms with van der Waals surface area (Å²) in [6.07, 6.45) is 0. The van der Waals surface area contributed by atoms with Crippen LogP contribution in [0, 0.1) is 0 Å². The summed E-state index contributed by atoms with van der Waals surface area (Å²) in [5.74, 6) is 0.549. The zero-order chi connectivity index (χ0) is 11.5. The minimum absolute atomic E-state index is 0.249. The molecule has 2 rings (SSSR count). The quantitative estimate of drug-likeness (QED) is 0.594. The summed E-state index contributed by atoms with van der Waals surface area (Å²) in [5, 5.41) is 0.164. The molecule has 1 aromatic carbocycles. The van der Waals surface area contributed by atoms with E-state index in [0.717, 1.165) is 11.3 Å². The molecular weight excluding hydrogens is 243 g/mol. The van der Waals surface area contributed by atoms with Crippen LogP contribution in [0.4, 0.5) is 0 Å². The molecule has 0 saturated heterocycles. The number of halogens is 2. The van der Waals surface area contributed by atoms with E-state index in [4.69, 9.17) is 23.2 Å². The van der Waals surface area contributed by atoms with Crippen molar-refractivity contribution in [2.75, 3.05) is 0 Å². The van der Waals surface area contributed by atoms with Crippen LogP contribution >= 0.6 is 23.2 Å². The molecule has 16 heavy (non-hydrogen) atoms. The molecule has 0 radical (unpaired) electrons. The highest BCUT2D eigenvalue weighted by atomic mass is 35.5. The molecule has 1 aromatic heterocycles. The second kappa shape index (κ2) is 4.81. The molecule has 0 aliphatic carbocycles. The smallest absolute Gasteiger partial charge is 0.148 e.